The molecule has 0 aromatic carbocycles. The van der Waals surface area contributed by atoms with Crippen LogP contribution in [-0.4, -0.2) is 36.1 Å². The molecule has 112 valence electrons. The highest BCUT2D eigenvalue weighted by molar-refractivity contribution is 4.90. The maximum atomic E-state index is 3.71. The molecule has 1 heterocycles. The van der Waals surface area contributed by atoms with Gasteiger partial charge in [-0.2, -0.15) is 0 Å². The first-order chi connectivity index (χ1) is 9.11. The van der Waals surface area contributed by atoms with Gasteiger partial charge < -0.3 is 5.32 Å². The monoisotopic (exact) mass is 266 g/mol. The molecule has 5 atom stereocenters. The molecule has 5 unspecified atom stereocenters. The van der Waals surface area contributed by atoms with E-state index in [0.717, 1.165) is 30.0 Å². The highest BCUT2D eigenvalue weighted by Gasteiger charge is 2.34. The lowest BCUT2D eigenvalue weighted by molar-refractivity contribution is 0.0445. The van der Waals surface area contributed by atoms with Crippen LogP contribution in [0, 0.1) is 11.8 Å². The van der Waals surface area contributed by atoms with Gasteiger partial charge in [0.2, 0.25) is 0 Å². The average Bonchev–Trinajstić information content (AvgIpc) is 2.40. The number of hydrogen-bond donors (Lipinski definition) is 1. The van der Waals surface area contributed by atoms with Crippen LogP contribution in [0.5, 0.6) is 0 Å². The average molecular weight is 266 g/mol. The molecular weight excluding hydrogens is 232 g/mol. The molecule has 2 aliphatic rings. The van der Waals surface area contributed by atoms with Gasteiger partial charge in [-0.1, -0.05) is 20.8 Å². The van der Waals surface area contributed by atoms with Crippen LogP contribution in [0.2, 0.25) is 0 Å². The van der Waals surface area contributed by atoms with Gasteiger partial charge in [0.1, 0.15) is 0 Å². The Balaban J connectivity index is 1.82. The van der Waals surface area contributed by atoms with E-state index in [0.29, 0.717) is 0 Å². The SMILES string of the molecule is CCCNC1CCN(C2CCC(C)C(C)C2)C(C)C1. The second-order valence-corrected chi connectivity index (χ2v) is 7.18. The van der Waals surface area contributed by atoms with Crippen molar-refractivity contribution in [1.82, 2.24) is 10.2 Å². The number of piperidine rings is 1. The summed E-state index contributed by atoms with van der Waals surface area (Å²) in [4.78, 5) is 2.83. The highest BCUT2D eigenvalue weighted by atomic mass is 15.2. The third-order valence-corrected chi connectivity index (χ3v) is 5.65. The largest absolute Gasteiger partial charge is 0.314 e. The number of hydrogen-bond acceptors (Lipinski definition) is 2. The second kappa shape index (κ2) is 7.08. The Morgan fingerprint density at radius 1 is 1.00 bits per heavy atom. The lowest BCUT2D eigenvalue weighted by Gasteiger charge is -2.46. The van der Waals surface area contributed by atoms with E-state index in [4.69, 9.17) is 0 Å². The Labute approximate surface area is 120 Å². The number of likely N-dealkylation sites (tertiary alicyclic amines) is 1. The standard InChI is InChI=1S/C17H34N2/c1-5-9-18-16-8-10-19(15(4)12-16)17-7-6-13(2)14(3)11-17/h13-18H,5-12H2,1-4H3. The molecule has 2 rings (SSSR count). The molecule has 0 spiro atoms. The molecule has 19 heavy (non-hydrogen) atoms. The van der Waals surface area contributed by atoms with Crippen molar-refractivity contribution in [1.29, 1.82) is 0 Å². The second-order valence-electron chi connectivity index (χ2n) is 7.18. The van der Waals surface area contributed by atoms with Crippen LogP contribution >= 0.6 is 0 Å². The minimum Gasteiger partial charge on any atom is -0.314 e. The Kier molecular flexibility index (Phi) is 5.70. The molecule has 0 aromatic heterocycles. The summed E-state index contributed by atoms with van der Waals surface area (Å²) in [5, 5.41) is 3.71. The molecule has 1 saturated carbocycles. The van der Waals surface area contributed by atoms with E-state index >= 15 is 0 Å². The highest BCUT2D eigenvalue weighted by Crippen LogP contribution is 2.34. The molecule has 2 heteroatoms. The molecule has 2 fully saturated rings. The van der Waals surface area contributed by atoms with E-state index in [-0.39, 0.29) is 0 Å². The van der Waals surface area contributed by atoms with Gasteiger partial charge in [0.25, 0.3) is 0 Å². The van der Waals surface area contributed by atoms with E-state index < -0.39 is 0 Å². The smallest absolute Gasteiger partial charge is 0.0101 e. The molecule has 1 aliphatic heterocycles. The minimum absolute atomic E-state index is 0.770. The summed E-state index contributed by atoms with van der Waals surface area (Å²) in [5.41, 5.74) is 0. The lowest BCUT2D eigenvalue weighted by atomic mass is 9.77. The van der Waals surface area contributed by atoms with Gasteiger partial charge in [-0.25, -0.2) is 0 Å². The van der Waals surface area contributed by atoms with Crippen molar-refractivity contribution in [3.05, 3.63) is 0 Å². The van der Waals surface area contributed by atoms with E-state index in [9.17, 15) is 0 Å². The molecule has 0 radical (unpaired) electrons. The van der Waals surface area contributed by atoms with Crippen LogP contribution in [0.1, 0.15) is 66.2 Å². The Morgan fingerprint density at radius 3 is 2.42 bits per heavy atom. The van der Waals surface area contributed by atoms with Crippen molar-refractivity contribution in [3.63, 3.8) is 0 Å². The van der Waals surface area contributed by atoms with Crippen LogP contribution in [0.15, 0.2) is 0 Å². The zero-order valence-electron chi connectivity index (χ0n) is 13.5. The fourth-order valence-corrected chi connectivity index (χ4v) is 4.09. The van der Waals surface area contributed by atoms with Crippen molar-refractivity contribution in [2.45, 2.75) is 84.3 Å². The van der Waals surface area contributed by atoms with E-state index in [1.54, 1.807) is 0 Å². The van der Waals surface area contributed by atoms with Gasteiger partial charge in [-0.3, -0.25) is 4.90 Å². The van der Waals surface area contributed by atoms with Crippen molar-refractivity contribution in [2.24, 2.45) is 11.8 Å². The summed E-state index contributed by atoms with van der Waals surface area (Å²) in [6.45, 7) is 12.1. The van der Waals surface area contributed by atoms with Crippen molar-refractivity contribution >= 4 is 0 Å². The molecule has 1 N–H and O–H groups in total. The van der Waals surface area contributed by atoms with Gasteiger partial charge in [0.15, 0.2) is 0 Å². The van der Waals surface area contributed by atoms with Crippen LogP contribution in [0.3, 0.4) is 0 Å². The van der Waals surface area contributed by atoms with E-state index in [2.05, 4.69) is 37.9 Å². The van der Waals surface area contributed by atoms with Gasteiger partial charge in [-0.15, -0.1) is 0 Å². The molecule has 1 saturated heterocycles. The number of nitrogens with zero attached hydrogens (tertiary/aromatic N) is 1. The first-order valence-corrected chi connectivity index (χ1v) is 8.61. The molecular formula is C17H34N2. The Bertz CT molecular complexity index is 266. The maximum Gasteiger partial charge on any atom is 0.0101 e. The van der Waals surface area contributed by atoms with Gasteiger partial charge in [-0.05, 0) is 63.8 Å². The van der Waals surface area contributed by atoms with Crippen LogP contribution in [0.4, 0.5) is 0 Å². The van der Waals surface area contributed by atoms with E-state index in [1.807, 2.05) is 0 Å². The Morgan fingerprint density at radius 2 is 1.79 bits per heavy atom. The summed E-state index contributed by atoms with van der Waals surface area (Å²) in [6.07, 6.45) is 8.26. The summed E-state index contributed by atoms with van der Waals surface area (Å²) >= 11 is 0. The summed E-state index contributed by atoms with van der Waals surface area (Å²) < 4.78 is 0. The van der Waals surface area contributed by atoms with Crippen LogP contribution in [-0.2, 0) is 0 Å². The normalized spacial score (nSPS) is 41.4. The summed E-state index contributed by atoms with van der Waals surface area (Å²) in [7, 11) is 0. The fraction of sp³-hybridized carbons (Fsp3) is 1.00. The molecule has 2 nitrogen and oxygen atoms in total. The third kappa shape index (κ3) is 3.95. The first kappa shape index (κ1) is 15.3. The van der Waals surface area contributed by atoms with Crippen molar-refractivity contribution < 1.29 is 0 Å². The zero-order valence-corrected chi connectivity index (χ0v) is 13.5. The van der Waals surface area contributed by atoms with Crippen LogP contribution in [0.25, 0.3) is 0 Å². The first-order valence-electron chi connectivity index (χ1n) is 8.61. The van der Waals surface area contributed by atoms with Crippen molar-refractivity contribution in [2.75, 3.05) is 13.1 Å². The molecule has 0 amide bonds. The number of nitrogens with one attached hydrogen (secondary N) is 1. The minimum atomic E-state index is 0.770. The molecule has 1 aliphatic carbocycles. The summed E-state index contributed by atoms with van der Waals surface area (Å²) in [6, 6.07) is 2.41. The summed E-state index contributed by atoms with van der Waals surface area (Å²) in [5.74, 6) is 1.86. The van der Waals surface area contributed by atoms with Gasteiger partial charge >= 0.3 is 0 Å². The topological polar surface area (TPSA) is 15.3 Å². The van der Waals surface area contributed by atoms with Gasteiger partial charge in [0.05, 0.1) is 0 Å². The van der Waals surface area contributed by atoms with Crippen LogP contribution < -0.4 is 5.32 Å². The molecule has 0 aromatic rings. The maximum absolute atomic E-state index is 3.71. The predicted octanol–water partition coefficient (Wildman–Crippen LogP) is 3.66. The quantitative estimate of drug-likeness (QED) is 0.835. The zero-order chi connectivity index (χ0) is 13.8. The Hall–Kier alpha value is -0.0800. The molecule has 0 bridgehead atoms. The fourth-order valence-electron chi connectivity index (χ4n) is 4.09. The van der Waals surface area contributed by atoms with Crippen molar-refractivity contribution in [3.8, 4) is 0 Å². The lowest BCUT2D eigenvalue weighted by Crippen LogP contribution is -2.52. The predicted molar refractivity (Wildman–Crippen MR) is 83.5 cm³/mol. The third-order valence-electron chi connectivity index (χ3n) is 5.65. The number of rotatable bonds is 4. The van der Waals surface area contributed by atoms with E-state index in [1.165, 1.54) is 51.6 Å². The van der Waals surface area contributed by atoms with Gasteiger partial charge in [0, 0.05) is 24.7 Å².